The minimum absolute atomic E-state index is 0.0171. The third kappa shape index (κ3) is 6.17. The standard InChI is InChI=1S/C23H39N7/c1-22(2,3)19-17-20(27-21(26-19)23(4,5)6)29-15-13-28(14-16-29)11-7-8-12-30-18-24-9-10-25-30/h9-10,17-18,25H,7-8,11-16H2,1-6H3. The fraction of sp³-hybridized carbons (Fsp3) is 0.696. The lowest BCUT2D eigenvalue weighted by atomic mass is 9.90. The van der Waals surface area contributed by atoms with Gasteiger partial charge in [0, 0.05) is 62.0 Å². The van der Waals surface area contributed by atoms with Crippen LogP contribution < -0.4 is 10.3 Å². The van der Waals surface area contributed by atoms with Crippen molar-refractivity contribution >= 4 is 12.2 Å². The largest absolute Gasteiger partial charge is 0.354 e. The van der Waals surface area contributed by atoms with Gasteiger partial charge in [-0.2, -0.15) is 0 Å². The van der Waals surface area contributed by atoms with Crippen LogP contribution in [-0.4, -0.2) is 65.5 Å². The molecule has 1 aromatic heterocycles. The van der Waals surface area contributed by atoms with Crippen molar-refractivity contribution in [3.63, 3.8) is 0 Å². The van der Waals surface area contributed by atoms with Gasteiger partial charge in [-0.3, -0.25) is 9.91 Å². The van der Waals surface area contributed by atoms with Crippen LogP contribution in [0.3, 0.4) is 0 Å². The number of nitrogens with zero attached hydrogens (tertiary/aromatic N) is 6. The number of aliphatic imine (C=N–C) groups is 1. The number of anilines is 1. The second-order valence-electron chi connectivity index (χ2n) is 10.4. The van der Waals surface area contributed by atoms with Gasteiger partial charge in [0.25, 0.3) is 0 Å². The number of nitrogens with one attached hydrogen (secondary N) is 1. The Kier molecular flexibility index (Phi) is 7.01. The quantitative estimate of drug-likeness (QED) is 0.722. The first-order valence-corrected chi connectivity index (χ1v) is 11.2. The van der Waals surface area contributed by atoms with Gasteiger partial charge < -0.3 is 10.3 Å². The molecule has 30 heavy (non-hydrogen) atoms. The van der Waals surface area contributed by atoms with Gasteiger partial charge in [0.2, 0.25) is 0 Å². The summed E-state index contributed by atoms with van der Waals surface area (Å²) in [4.78, 5) is 19.0. The summed E-state index contributed by atoms with van der Waals surface area (Å²) in [7, 11) is 0. The van der Waals surface area contributed by atoms with E-state index < -0.39 is 0 Å². The second-order valence-corrected chi connectivity index (χ2v) is 10.4. The van der Waals surface area contributed by atoms with Crippen molar-refractivity contribution in [2.24, 2.45) is 4.99 Å². The average molecular weight is 414 g/mol. The number of rotatable bonds is 6. The minimum atomic E-state index is -0.0540. The molecule has 2 aliphatic heterocycles. The molecule has 0 unspecified atom stereocenters. The van der Waals surface area contributed by atoms with Gasteiger partial charge in [-0.15, -0.1) is 0 Å². The molecule has 0 aromatic carbocycles. The summed E-state index contributed by atoms with van der Waals surface area (Å²) in [5.74, 6) is 2.03. The Morgan fingerprint density at radius 1 is 0.900 bits per heavy atom. The van der Waals surface area contributed by atoms with Gasteiger partial charge in [0.1, 0.15) is 18.0 Å². The molecule has 3 heterocycles. The lowest BCUT2D eigenvalue weighted by Crippen LogP contribution is -2.47. The molecular weight excluding hydrogens is 374 g/mol. The summed E-state index contributed by atoms with van der Waals surface area (Å²) in [6.07, 6.45) is 7.83. The van der Waals surface area contributed by atoms with Crippen LogP contribution >= 0.6 is 0 Å². The van der Waals surface area contributed by atoms with Crippen molar-refractivity contribution in [1.29, 1.82) is 0 Å². The van der Waals surface area contributed by atoms with E-state index in [1.165, 1.54) is 6.42 Å². The number of aromatic nitrogens is 2. The van der Waals surface area contributed by atoms with Gasteiger partial charge in [-0.25, -0.2) is 15.0 Å². The predicted octanol–water partition coefficient (Wildman–Crippen LogP) is 3.29. The summed E-state index contributed by atoms with van der Waals surface area (Å²) < 4.78 is 0. The molecule has 1 fully saturated rings. The van der Waals surface area contributed by atoms with E-state index in [-0.39, 0.29) is 10.8 Å². The van der Waals surface area contributed by atoms with E-state index in [9.17, 15) is 0 Å². The van der Waals surface area contributed by atoms with E-state index in [1.54, 1.807) is 6.20 Å². The monoisotopic (exact) mass is 413 g/mol. The first-order chi connectivity index (χ1) is 14.1. The maximum absolute atomic E-state index is 4.96. The fourth-order valence-electron chi connectivity index (χ4n) is 3.58. The molecule has 7 heteroatoms. The fourth-order valence-corrected chi connectivity index (χ4v) is 3.58. The number of hydrogen-bond acceptors (Lipinski definition) is 7. The molecule has 0 atom stereocenters. The molecule has 0 spiro atoms. The van der Waals surface area contributed by atoms with E-state index in [0.29, 0.717) is 0 Å². The molecule has 0 amide bonds. The number of unbranched alkanes of at least 4 members (excludes halogenated alkanes) is 1. The van der Waals surface area contributed by atoms with E-state index in [4.69, 9.17) is 9.97 Å². The van der Waals surface area contributed by atoms with Gasteiger partial charge in [-0.05, 0) is 19.4 Å². The van der Waals surface area contributed by atoms with Crippen LogP contribution in [0.1, 0.15) is 65.9 Å². The van der Waals surface area contributed by atoms with Crippen LogP contribution in [0.5, 0.6) is 0 Å². The SMILES string of the molecule is CC(C)(C)c1cc(N2CCN(CCCCN3C=NC=CN3)CC2)nc(C(C)(C)C)n1. The number of piperazine rings is 1. The van der Waals surface area contributed by atoms with E-state index in [0.717, 1.165) is 63.0 Å². The Balaban J connectivity index is 1.52. The summed E-state index contributed by atoms with van der Waals surface area (Å²) in [6.45, 7) is 19.6. The first-order valence-electron chi connectivity index (χ1n) is 11.2. The van der Waals surface area contributed by atoms with Crippen molar-refractivity contribution in [3.05, 3.63) is 30.0 Å². The van der Waals surface area contributed by atoms with Crippen LogP contribution in [0, 0.1) is 0 Å². The highest BCUT2D eigenvalue weighted by molar-refractivity contribution is 5.56. The first kappa shape index (κ1) is 22.5. The lowest BCUT2D eigenvalue weighted by Gasteiger charge is -2.36. The molecule has 1 aromatic rings. The maximum atomic E-state index is 4.96. The Hall–Kier alpha value is -2.15. The van der Waals surface area contributed by atoms with Crippen LogP contribution in [0.4, 0.5) is 5.82 Å². The number of hydrazine groups is 1. The molecule has 166 valence electrons. The van der Waals surface area contributed by atoms with Gasteiger partial charge in [0.05, 0.1) is 5.69 Å². The van der Waals surface area contributed by atoms with Crippen LogP contribution in [-0.2, 0) is 10.8 Å². The van der Waals surface area contributed by atoms with Crippen molar-refractivity contribution < 1.29 is 0 Å². The van der Waals surface area contributed by atoms with E-state index >= 15 is 0 Å². The van der Waals surface area contributed by atoms with E-state index in [1.807, 2.05) is 17.5 Å². The zero-order valence-corrected chi connectivity index (χ0v) is 19.6. The highest BCUT2D eigenvalue weighted by Gasteiger charge is 2.26. The molecule has 0 saturated carbocycles. The highest BCUT2D eigenvalue weighted by Crippen LogP contribution is 2.28. The molecule has 0 bridgehead atoms. The molecular formula is C23H39N7. The Morgan fingerprint density at radius 3 is 2.20 bits per heavy atom. The van der Waals surface area contributed by atoms with Crippen molar-refractivity contribution in [1.82, 2.24) is 25.3 Å². The molecule has 2 aliphatic rings. The maximum Gasteiger partial charge on any atom is 0.136 e. The normalized spacial score (nSPS) is 18.1. The van der Waals surface area contributed by atoms with Gasteiger partial charge in [-0.1, -0.05) is 41.5 Å². The van der Waals surface area contributed by atoms with Crippen molar-refractivity contribution in [2.45, 2.75) is 65.2 Å². The minimum Gasteiger partial charge on any atom is -0.354 e. The topological polar surface area (TPSA) is 59.9 Å². The molecule has 0 radical (unpaired) electrons. The molecule has 3 rings (SSSR count). The predicted molar refractivity (Wildman–Crippen MR) is 125 cm³/mol. The van der Waals surface area contributed by atoms with Crippen LogP contribution in [0.25, 0.3) is 0 Å². The van der Waals surface area contributed by atoms with Crippen molar-refractivity contribution in [2.75, 3.05) is 44.2 Å². The zero-order valence-electron chi connectivity index (χ0n) is 19.6. The summed E-state index contributed by atoms with van der Waals surface area (Å²) in [6, 6.07) is 2.20. The Bertz CT molecular complexity index is 718. The number of hydrogen-bond donors (Lipinski definition) is 1. The summed E-state index contributed by atoms with van der Waals surface area (Å²) in [5, 5.41) is 2.03. The van der Waals surface area contributed by atoms with Crippen LogP contribution in [0.15, 0.2) is 23.5 Å². The third-order valence-corrected chi connectivity index (χ3v) is 5.58. The molecule has 1 N–H and O–H groups in total. The molecule has 7 nitrogen and oxygen atoms in total. The Morgan fingerprint density at radius 2 is 1.60 bits per heavy atom. The van der Waals surface area contributed by atoms with Crippen LogP contribution in [0.2, 0.25) is 0 Å². The lowest BCUT2D eigenvalue weighted by molar-refractivity contribution is 0.246. The summed E-state index contributed by atoms with van der Waals surface area (Å²) in [5.41, 5.74) is 4.27. The zero-order chi connectivity index (χ0) is 21.8. The van der Waals surface area contributed by atoms with E-state index in [2.05, 4.69) is 67.8 Å². The smallest absolute Gasteiger partial charge is 0.136 e. The molecule has 1 saturated heterocycles. The summed E-state index contributed by atoms with van der Waals surface area (Å²) >= 11 is 0. The molecule has 0 aliphatic carbocycles. The Labute approximate surface area is 182 Å². The van der Waals surface area contributed by atoms with Crippen molar-refractivity contribution in [3.8, 4) is 0 Å². The second kappa shape index (κ2) is 9.33. The average Bonchev–Trinajstić information content (AvgIpc) is 2.71. The van der Waals surface area contributed by atoms with Gasteiger partial charge in [0.15, 0.2) is 0 Å². The van der Waals surface area contributed by atoms with Gasteiger partial charge >= 0.3 is 0 Å². The highest BCUT2D eigenvalue weighted by atomic mass is 15.5. The third-order valence-electron chi connectivity index (χ3n) is 5.58.